The predicted octanol–water partition coefficient (Wildman–Crippen LogP) is 1.60. The highest BCUT2D eigenvalue weighted by Gasteiger charge is 2.27. The van der Waals surface area contributed by atoms with Gasteiger partial charge in [-0.2, -0.15) is 0 Å². The molecule has 2 N–H and O–H groups in total. The third-order valence-electron chi connectivity index (χ3n) is 1.97. The third kappa shape index (κ3) is 2.86. The number of nitrogens with zero attached hydrogens (tertiary/aromatic N) is 1. The van der Waals surface area contributed by atoms with E-state index in [1.165, 1.54) is 0 Å². The Morgan fingerprint density at radius 1 is 1.44 bits per heavy atom. The Bertz CT molecular complexity index is 398. The first kappa shape index (κ1) is 12.3. The molecule has 4 nitrogen and oxygen atoms in total. The first-order valence-electron chi connectivity index (χ1n) is 4.23. The van der Waals surface area contributed by atoms with E-state index in [4.69, 9.17) is 10.2 Å². The molecule has 0 aromatic heterocycles. The number of halogens is 3. The lowest BCUT2D eigenvalue weighted by Crippen LogP contribution is -2.33. The second-order valence-corrected chi connectivity index (χ2v) is 3.09. The van der Waals surface area contributed by atoms with Crippen LogP contribution in [0.4, 0.5) is 13.4 Å². The number of hydrogen-bond acceptors (Lipinski definition) is 3. The summed E-state index contributed by atoms with van der Waals surface area (Å²) in [5.41, 5.74) is -0.203. The van der Waals surface area contributed by atoms with Gasteiger partial charge in [0.25, 0.3) is 0 Å². The van der Waals surface area contributed by atoms with Crippen LogP contribution in [0, 0.1) is 5.82 Å². The predicted molar refractivity (Wildman–Crippen MR) is 47.2 cm³/mol. The van der Waals surface area contributed by atoms with Crippen molar-refractivity contribution in [3.8, 4) is 5.75 Å². The van der Waals surface area contributed by atoms with Crippen LogP contribution >= 0.6 is 0 Å². The quantitative estimate of drug-likeness (QED) is 0.778. The zero-order valence-electron chi connectivity index (χ0n) is 7.90. The fourth-order valence-electron chi connectivity index (χ4n) is 1.15. The maximum absolute atomic E-state index is 13.1. The van der Waals surface area contributed by atoms with Crippen LogP contribution in [-0.4, -0.2) is 27.6 Å². The molecule has 88 valence electrons. The molecule has 1 atom stereocenters. The summed E-state index contributed by atoms with van der Waals surface area (Å²) in [4.78, 5) is 10.4. The van der Waals surface area contributed by atoms with Gasteiger partial charge in [0.15, 0.2) is 6.04 Å². The lowest BCUT2D eigenvalue weighted by atomic mass is 10.1. The minimum Gasteiger partial charge on any atom is -0.508 e. The van der Waals surface area contributed by atoms with E-state index in [9.17, 15) is 18.1 Å². The van der Waals surface area contributed by atoms with E-state index in [1.807, 2.05) is 0 Å². The molecule has 7 heteroatoms. The normalized spacial score (nSPS) is 12.8. The van der Waals surface area contributed by atoms with Gasteiger partial charge in [-0.15, -0.1) is 8.96 Å². The monoisotopic (exact) mass is 235 g/mol. The topological polar surface area (TPSA) is 60.8 Å². The summed E-state index contributed by atoms with van der Waals surface area (Å²) in [6.45, 7) is 0. The molecule has 1 aromatic rings. The molecule has 1 rings (SSSR count). The summed E-state index contributed by atoms with van der Waals surface area (Å²) < 4.78 is 37.4. The Hall–Kier alpha value is -1.76. The molecule has 0 aliphatic carbocycles. The summed E-state index contributed by atoms with van der Waals surface area (Å²) in [5.74, 6) is -3.03. The van der Waals surface area contributed by atoms with Crippen LogP contribution in [0.5, 0.6) is 5.75 Å². The highest BCUT2D eigenvalue weighted by Crippen LogP contribution is 2.18. The molecule has 0 aliphatic heterocycles. The molecule has 0 aliphatic rings. The lowest BCUT2D eigenvalue weighted by molar-refractivity contribution is -0.201. The van der Waals surface area contributed by atoms with Crippen molar-refractivity contribution in [1.82, 2.24) is 5.34 Å². The van der Waals surface area contributed by atoms with Gasteiger partial charge in [-0.05, 0) is 11.6 Å². The zero-order chi connectivity index (χ0) is 12.3. The average Bonchev–Trinajstić information content (AvgIpc) is 2.15. The van der Waals surface area contributed by atoms with Crippen LogP contribution < -0.4 is 0 Å². The number of aromatic hydroxyl groups is 1. The summed E-state index contributed by atoms with van der Waals surface area (Å²) in [5, 5.41) is 15.8. The maximum atomic E-state index is 13.1. The van der Waals surface area contributed by atoms with Crippen LogP contribution in [0.1, 0.15) is 5.56 Å². The summed E-state index contributed by atoms with van der Waals surface area (Å²) in [6, 6.07) is 0.774. The smallest absolute Gasteiger partial charge is 0.326 e. The SMILES string of the molecule is O=C(O)C(Cc1ccc(O)cc1F)N(F)F. The van der Waals surface area contributed by atoms with Crippen molar-refractivity contribution in [2.75, 3.05) is 0 Å². The van der Waals surface area contributed by atoms with Gasteiger partial charge >= 0.3 is 5.97 Å². The van der Waals surface area contributed by atoms with E-state index in [0.29, 0.717) is 0 Å². The van der Waals surface area contributed by atoms with Gasteiger partial charge in [-0.25, -0.2) is 4.39 Å². The molecule has 0 saturated heterocycles. The summed E-state index contributed by atoms with van der Waals surface area (Å²) in [6.07, 6.45) is -0.686. The second-order valence-electron chi connectivity index (χ2n) is 3.09. The molecule has 0 heterocycles. The van der Waals surface area contributed by atoms with E-state index in [0.717, 1.165) is 18.2 Å². The molecular formula is C9H8F3NO3. The van der Waals surface area contributed by atoms with Crippen molar-refractivity contribution in [1.29, 1.82) is 0 Å². The highest BCUT2D eigenvalue weighted by atomic mass is 19.4. The van der Waals surface area contributed by atoms with Gasteiger partial charge in [0.2, 0.25) is 0 Å². The molecule has 0 fully saturated rings. The summed E-state index contributed by atoms with van der Waals surface area (Å²) >= 11 is 0. The van der Waals surface area contributed by atoms with Gasteiger partial charge < -0.3 is 10.2 Å². The summed E-state index contributed by atoms with van der Waals surface area (Å²) in [7, 11) is 0. The lowest BCUT2D eigenvalue weighted by Gasteiger charge is -2.12. The van der Waals surface area contributed by atoms with Crippen molar-refractivity contribution in [2.45, 2.75) is 12.5 Å². The van der Waals surface area contributed by atoms with Crippen molar-refractivity contribution >= 4 is 5.97 Å². The van der Waals surface area contributed by atoms with Gasteiger partial charge in [-0.3, -0.25) is 4.79 Å². The Labute approximate surface area is 88.4 Å². The number of phenolic OH excluding ortho intramolecular Hbond substituents is 1. The Morgan fingerprint density at radius 2 is 2.06 bits per heavy atom. The molecule has 1 aromatic carbocycles. The number of aliphatic carboxylic acids is 1. The van der Waals surface area contributed by atoms with Crippen LogP contribution in [0.3, 0.4) is 0 Å². The van der Waals surface area contributed by atoms with Gasteiger partial charge in [0.05, 0.1) is 0 Å². The highest BCUT2D eigenvalue weighted by molar-refractivity contribution is 5.73. The molecule has 0 amide bonds. The van der Waals surface area contributed by atoms with Crippen LogP contribution in [-0.2, 0) is 11.2 Å². The zero-order valence-corrected chi connectivity index (χ0v) is 7.90. The molecule has 0 radical (unpaired) electrons. The molecular weight excluding hydrogens is 227 g/mol. The van der Waals surface area contributed by atoms with E-state index in [-0.39, 0.29) is 11.3 Å². The van der Waals surface area contributed by atoms with Crippen LogP contribution in [0.15, 0.2) is 18.2 Å². The minimum atomic E-state index is -2.11. The molecule has 1 unspecified atom stereocenters. The first-order valence-corrected chi connectivity index (χ1v) is 4.23. The maximum Gasteiger partial charge on any atom is 0.326 e. The van der Waals surface area contributed by atoms with E-state index >= 15 is 0 Å². The number of rotatable bonds is 4. The second kappa shape index (κ2) is 4.84. The van der Waals surface area contributed by atoms with Crippen molar-refractivity contribution in [2.24, 2.45) is 0 Å². The molecule has 0 spiro atoms. The van der Waals surface area contributed by atoms with Gasteiger partial charge in [0, 0.05) is 17.8 Å². The van der Waals surface area contributed by atoms with E-state index in [1.54, 1.807) is 0 Å². The van der Waals surface area contributed by atoms with E-state index < -0.39 is 29.6 Å². The number of phenols is 1. The largest absolute Gasteiger partial charge is 0.508 e. The average molecular weight is 235 g/mol. The molecule has 0 saturated carbocycles. The van der Waals surface area contributed by atoms with Gasteiger partial charge in [0.1, 0.15) is 11.6 Å². The minimum absolute atomic E-state index is 0.203. The van der Waals surface area contributed by atoms with Gasteiger partial charge in [-0.1, -0.05) is 6.07 Å². The number of carboxylic acids is 1. The Kier molecular flexibility index (Phi) is 3.73. The first-order chi connectivity index (χ1) is 7.41. The van der Waals surface area contributed by atoms with Crippen LogP contribution in [0.2, 0.25) is 0 Å². The Balaban J connectivity index is 2.90. The molecule has 0 bridgehead atoms. The Morgan fingerprint density at radius 3 is 2.50 bits per heavy atom. The van der Waals surface area contributed by atoms with Crippen LogP contribution in [0.25, 0.3) is 0 Å². The van der Waals surface area contributed by atoms with Crippen molar-refractivity contribution < 1.29 is 28.4 Å². The third-order valence-corrected chi connectivity index (χ3v) is 1.97. The van der Waals surface area contributed by atoms with Crippen molar-refractivity contribution in [3.63, 3.8) is 0 Å². The number of carboxylic acid groups (broad SMARTS) is 1. The number of carbonyl (C=O) groups is 1. The number of benzene rings is 1. The fraction of sp³-hybridized carbons (Fsp3) is 0.222. The van der Waals surface area contributed by atoms with E-state index in [2.05, 4.69) is 0 Å². The van der Waals surface area contributed by atoms with Crippen molar-refractivity contribution in [3.05, 3.63) is 29.6 Å². The fourth-order valence-corrected chi connectivity index (χ4v) is 1.15. The standard InChI is InChI=1S/C9H8F3NO3/c10-7-4-6(14)2-1-5(7)3-8(9(15)16)13(11)12/h1-2,4,8,14H,3H2,(H,15,16). The molecule has 16 heavy (non-hydrogen) atoms. The number of hydrogen-bond donors (Lipinski definition) is 2.